The van der Waals surface area contributed by atoms with E-state index in [0.717, 1.165) is 16.7 Å². The predicted molar refractivity (Wildman–Crippen MR) is 80.7 cm³/mol. The molecule has 0 aliphatic heterocycles. The number of carbonyl (C=O) groups excluding carboxylic acids is 1. The molecule has 2 N–H and O–H groups in total. The average Bonchev–Trinajstić information content (AvgIpc) is 2.56. The standard InChI is InChI=1S/C17H15N2O3/c18-10-8-13-2-1-3-15(12-13)14-4-6-16(7-5-14)22-11-9-17(20)19-21/h1-7,11-12,21H,8-9H2,(H,19,20). The molecule has 0 saturated heterocycles. The molecule has 111 valence electrons. The number of nitrogens with one attached hydrogen (secondary N) is 1. The fourth-order valence-electron chi connectivity index (χ4n) is 1.94. The molecule has 0 atom stereocenters. The molecule has 0 unspecified atom stereocenters. The second-order valence-electron chi connectivity index (χ2n) is 4.58. The zero-order chi connectivity index (χ0) is 15.8. The van der Waals surface area contributed by atoms with Gasteiger partial charge in [-0.2, -0.15) is 5.26 Å². The summed E-state index contributed by atoms with van der Waals surface area (Å²) in [7, 11) is 0. The first-order valence-electron chi connectivity index (χ1n) is 6.70. The molecule has 1 amide bonds. The van der Waals surface area contributed by atoms with Crippen LogP contribution in [0.3, 0.4) is 0 Å². The number of ether oxygens (including phenoxy) is 1. The molecule has 0 aliphatic carbocycles. The Balaban J connectivity index is 2.01. The second kappa shape index (κ2) is 7.81. The highest BCUT2D eigenvalue weighted by atomic mass is 16.5. The Bertz CT molecular complexity index is 675. The lowest BCUT2D eigenvalue weighted by atomic mass is 10.0. The minimum absolute atomic E-state index is 0.0333. The van der Waals surface area contributed by atoms with Crippen molar-refractivity contribution >= 4 is 5.91 Å². The van der Waals surface area contributed by atoms with Crippen molar-refractivity contribution in [2.24, 2.45) is 0 Å². The van der Waals surface area contributed by atoms with Gasteiger partial charge in [0.1, 0.15) is 12.4 Å². The molecule has 0 heterocycles. The molecule has 0 fully saturated rings. The van der Waals surface area contributed by atoms with Crippen LogP contribution < -0.4 is 10.2 Å². The number of hydrogen-bond donors (Lipinski definition) is 2. The molecule has 0 saturated carbocycles. The number of hydroxylamine groups is 1. The summed E-state index contributed by atoms with van der Waals surface area (Å²) < 4.78 is 5.29. The van der Waals surface area contributed by atoms with Gasteiger partial charge in [0.25, 0.3) is 0 Å². The van der Waals surface area contributed by atoms with Crippen molar-refractivity contribution in [2.45, 2.75) is 12.8 Å². The third-order valence-corrected chi connectivity index (χ3v) is 3.01. The van der Waals surface area contributed by atoms with E-state index in [-0.39, 0.29) is 6.42 Å². The molecule has 5 nitrogen and oxygen atoms in total. The molecule has 2 aromatic rings. The SMILES string of the molecule is N#CCc1cccc(-c2ccc(O[CH]CC(=O)NO)cc2)c1. The van der Waals surface area contributed by atoms with Crippen LogP contribution in [0.5, 0.6) is 5.75 Å². The quantitative estimate of drug-likeness (QED) is 0.634. The zero-order valence-electron chi connectivity index (χ0n) is 11.8. The largest absolute Gasteiger partial charge is 0.486 e. The minimum Gasteiger partial charge on any atom is -0.486 e. The summed E-state index contributed by atoms with van der Waals surface area (Å²) in [5.41, 5.74) is 4.54. The maximum Gasteiger partial charge on any atom is 0.247 e. The van der Waals surface area contributed by atoms with Gasteiger partial charge in [-0.25, -0.2) is 5.48 Å². The van der Waals surface area contributed by atoms with Gasteiger partial charge in [0, 0.05) is 0 Å². The third-order valence-electron chi connectivity index (χ3n) is 3.01. The van der Waals surface area contributed by atoms with E-state index in [0.29, 0.717) is 12.2 Å². The summed E-state index contributed by atoms with van der Waals surface area (Å²) in [6.07, 6.45) is 0.353. The van der Waals surface area contributed by atoms with Crippen LogP contribution in [-0.2, 0) is 11.2 Å². The van der Waals surface area contributed by atoms with Crippen LogP contribution in [0.15, 0.2) is 48.5 Å². The lowest BCUT2D eigenvalue weighted by Gasteiger charge is -2.07. The van der Waals surface area contributed by atoms with Crippen molar-refractivity contribution in [3.05, 3.63) is 60.7 Å². The molecule has 0 spiro atoms. The summed E-state index contributed by atoms with van der Waals surface area (Å²) in [6.45, 7) is 1.31. The van der Waals surface area contributed by atoms with E-state index in [1.54, 1.807) is 12.1 Å². The van der Waals surface area contributed by atoms with Crippen LogP contribution in [-0.4, -0.2) is 11.1 Å². The first-order valence-corrected chi connectivity index (χ1v) is 6.70. The van der Waals surface area contributed by atoms with Crippen LogP contribution in [0, 0.1) is 17.9 Å². The highest BCUT2D eigenvalue weighted by Crippen LogP contribution is 2.23. The van der Waals surface area contributed by atoms with Crippen molar-refractivity contribution in [3.63, 3.8) is 0 Å². The van der Waals surface area contributed by atoms with Gasteiger partial charge in [0.15, 0.2) is 0 Å². The third kappa shape index (κ3) is 4.33. The van der Waals surface area contributed by atoms with Gasteiger partial charge in [-0.15, -0.1) is 0 Å². The summed E-state index contributed by atoms with van der Waals surface area (Å²) in [4.78, 5) is 10.8. The van der Waals surface area contributed by atoms with Gasteiger partial charge in [-0.3, -0.25) is 10.0 Å². The first kappa shape index (κ1) is 15.5. The lowest BCUT2D eigenvalue weighted by molar-refractivity contribution is -0.129. The summed E-state index contributed by atoms with van der Waals surface area (Å²) in [5.74, 6) is 0.0635. The molecule has 0 aromatic heterocycles. The molecule has 0 aliphatic rings. The number of nitriles is 1. The van der Waals surface area contributed by atoms with E-state index in [2.05, 4.69) is 6.07 Å². The second-order valence-corrected chi connectivity index (χ2v) is 4.58. The number of nitrogens with zero attached hydrogens (tertiary/aromatic N) is 1. The smallest absolute Gasteiger partial charge is 0.247 e. The normalized spacial score (nSPS) is 9.82. The Morgan fingerprint density at radius 2 is 2.00 bits per heavy atom. The Kier molecular flexibility index (Phi) is 5.52. The first-order chi connectivity index (χ1) is 10.7. The van der Waals surface area contributed by atoms with Gasteiger partial charge < -0.3 is 4.74 Å². The van der Waals surface area contributed by atoms with Crippen LogP contribution in [0.1, 0.15) is 12.0 Å². The average molecular weight is 295 g/mol. The highest BCUT2D eigenvalue weighted by molar-refractivity contribution is 5.75. The van der Waals surface area contributed by atoms with Crippen LogP contribution in [0.25, 0.3) is 11.1 Å². The van der Waals surface area contributed by atoms with E-state index in [9.17, 15) is 4.79 Å². The molecular formula is C17H15N2O3. The van der Waals surface area contributed by atoms with E-state index in [1.165, 1.54) is 12.1 Å². The molecule has 2 aromatic carbocycles. The molecule has 0 bridgehead atoms. The zero-order valence-corrected chi connectivity index (χ0v) is 11.8. The Labute approximate surface area is 128 Å². The fourth-order valence-corrected chi connectivity index (χ4v) is 1.94. The van der Waals surface area contributed by atoms with E-state index in [4.69, 9.17) is 15.2 Å². The van der Waals surface area contributed by atoms with Crippen molar-refractivity contribution in [3.8, 4) is 22.9 Å². The lowest BCUT2D eigenvalue weighted by Crippen LogP contribution is -2.18. The topological polar surface area (TPSA) is 82.3 Å². The minimum atomic E-state index is -0.536. The Morgan fingerprint density at radius 1 is 1.23 bits per heavy atom. The summed E-state index contributed by atoms with van der Waals surface area (Å²) in [6, 6.07) is 17.3. The van der Waals surface area contributed by atoms with E-state index in [1.807, 2.05) is 36.4 Å². The Hall–Kier alpha value is -2.84. The Morgan fingerprint density at radius 3 is 2.68 bits per heavy atom. The maximum atomic E-state index is 10.8. The number of rotatable bonds is 6. The van der Waals surface area contributed by atoms with Gasteiger partial charge in [-0.05, 0) is 28.8 Å². The van der Waals surface area contributed by atoms with Gasteiger partial charge >= 0.3 is 0 Å². The monoisotopic (exact) mass is 295 g/mol. The van der Waals surface area contributed by atoms with E-state index < -0.39 is 5.91 Å². The van der Waals surface area contributed by atoms with Crippen molar-refractivity contribution in [1.82, 2.24) is 5.48 Å². The molecule has 2 rings (SSSR count). The number of hydrogen-bond acceptors (Lipinski definition) is 4. The van der Waals surface area contributed by atoms with Gasteiger partial charge in [0.05, 0.1) is 18.9 Å². The van der Waals surface area contributed by atoms with Crippen molar-refractivity contribution < 1.29 is 14.7 Å². The molecule has 22 heavy (non-hydrogen) atoms. The van der Waals surface area contributed by atoms with Crippen molar-refractivity contribution in [2.75, 3.05) is 0 Å². The van der Waals surface area contributed by atoms with Gasteiger partial charge in [-0.1, -0.05) is 36.4 Å². The van der Waals surface area contributed by atoms with Crippen LogP contribution in [0.2, 0.25) is 0 Å². The van der Waals surface area contributed by atoms with Crippen LogP contribution in [0.4, 0.5) is 0 Å². The van der Waals surface area contributed by atoms with Crippen LogP contribution >= 0.6 is 0 Å². The fraction of sp³-hybridized carbons (Fsp3) is 0.118. The summed E-state index contributed by atoms with van der Waals surface area (Å²) >= 11 is 0. The van der Waals surface area contributed by atoms with Crippen molar-refractivity contribution in [1.29, 1.82) is 5.26 Å². The summed E-state index contributed by atoms with van der Waals surface area (Å²) in [5, 5.41) is 17.1. The molecule has 1 radical (unpaired) electrons. The predicted octanol–water partition coefficient (Wildman–Crippen LogP) is 2.86. The number of amides is 1. The number of benzene rings is 2. The number of carbonyl (C=O) groups is 1. The van der Waals surface area contributed by atoms with E-state index >= 15 is 0 Å². The molecular weight excluding hydrogens is 280 g/mol. The highest BCUT2D eigenvalue weighted by Gasteiger charge is 2.03. The molecule has 5 heteroatoms. The van der Waals surface area contributed by atoms with Gasteiger partial charge in [0.2, 0.25) is 5.91 Å². The maximum absolute atomic E-state index is 10.8.